The molecule has 0 atom stereocenters. The van der Waals surface area contributed by atoms with E-state index in [2.05, 4.69) is 9.88 Å². The van der Waals surface area contributed by atoms with Crippen LogP contribution in [0.25, 0.3) is 0 Å². The van der Waals surface area contributed by atoms with E-state index in [4.69, 9.17) is 9.72 Å². The second-order valence-corrected chi connectivity index (χ2v) is 8.76. The van der Waals surface area contributed by atoms with E-state index in [0.717, 1.165) is 50.0 Å². The lowest BCUT2D eigenvalue weighted by Crippen LogP contribution is -2.45. The Morgan fingerprint density at radius 1 is 1.10 bits per heavy atom. The van der Waals surface area contributed by atoms with Crippen LogP contribution in [-0.2, 0) is 23.6 Å². The SMILES string of the molecule is Cn1cc(C(=O)N2CCC3(CCc4c3nc(N3CCOCC3)[nH]c4=O)CC2)ccc1=O. The van der Waals surface area contributed by atoms with Crippen LogP contribution >= 0.6 is 0 Å². The molecule has 1 amide bonds. The number of aromatic nitrogens is 3. The van der Waals surface area contributed by atoms with E-state index >= 15 is 0 Å². The average Bonchev–Trinajstić information content (AvgIpc) is 3.15. The smallest absolute Gasteiger partial charge is 0.255 e. The van der Waals surface area contributed by atoms with E-state index in [-0.39, 0.29) is 22.4 Å². The number of H-pyrrole nitrogens is 1. The second kappa shape index (κ2) is 7.64. The average molecular weight is 425 g/mol. The van der Waals surface area contributed by atoms with Crippen molar-refractivity contribution < 1.29 is 9.53 Å². The Kier molecular flexibility index (Phi) is 4.92. The minimum Gasteiger partial charge on any atom is -0.378 e. The summed E-state index contributed by atoms with van der Waals surface area (Å²) in [6, 6.07) is 3.02. The molecular weight excluding hydrogens is 398 g/mol. The lowest BCUT2D eigenvalue weighted by Gasteiger charge is -2.39. The van der Waals surface area contributed by atoms with Crippen LogP contribution in [0.15, 0.2) is 27.9 Å². The molecule has 4 heterocycles. The van der Waals surface area contributed by atoms with Gasteiger partial charge in [0.05, 0.1) is 24.5 Å². The van der Waals surface area contributed by atoms with Gasteiger partial charge in [0.15, 0.2) is 0 Å². The molecular formula is C22H27N5O4. The van der Waals surface area contributed by atoms with Crippen molar-refractivity contribution in [2.24, 2.45) is 7.05 Å². The summed E-state index contributed by atoms with van der Waals surface area (Å²) < 4.78 is 6.85. The number of nitrogens with zero attached hydrogens (tertiary/aromatic N) is 4. The van der Waals surface area contributed by atoms with Gasteiger partial charge in [0.1, 0.15) is 0 Å². The maximum absolute atomic E-state index is 12.9. The van der Waals surface area contributed by atoms with Gasteiger partial charge in [-0.3, -0.25) is 19.4 Å². The van der Waals surface area contributed by atoms with E-state index in [1.807, 2.05) is 4.90 Å². The van der Waals surface area contributed by atoms with Crippen LogP contribution in [0.5, 0.6) is 0 Å². The number of hydrogen-bond donors (Lipinski definition) is 1. The minimum absolute atomic E-state index is 0.0351. The summed E-state index contributed by atoms with van der Waals surface area (Å²) in [7, 11) is 1.65. The molecule has 9 heteroatoms. The topological polar surface area (TPSA) is 101 Å². The van der Waals surface area contributed by atoms with Crippen molar-refractivity contribution in [1.82, 2.24) is 19.4 Å². The number of piperidine rings is 1. The highest BCUT2D eigenvalue weighted by atomic mass is 16.5. The predicted octanol–water partition coefficient (Wildman–Crippen LogP) is 0.425. The molecule has 164 valence electrons. The van der Waals surface area contributed by atoms with Gasteiger partial charge in [-0.2, -0.15) is 0 Å². The number of rotatable bonds is 2. The zero-order valence-electron chi connectivity index (χ0n) is 17.7. The molecule has 3 aliphatic rings. The highest BCUT2D eigenvalue weighted by Gasteiger charge is 2.45. The summed E-state index contributed by atoms with van der Waals surface area (Å²) in [4.78, 5) is 49.2. The normalized spacial score (nSPS) is 20.2. The number of aromatic amines is 1. The van der Waals surface area contributed by atoms with Gasteiger partial charge in [-0.15, -0.1) is 0 Å². The van der Waals surface area contributed by atoms with Crippen LogP contribution in [0.1, 0.15) is 40.9 Å². The van der Waals surface area contributed by atoms with Crippen LogP contribution in [0, 0.1) is 0 Å². The van der Waals surface area contributed by atoms with Gasteiger partial charge >= 0.3 is 0 Å². The molecule has 1 N–H and O–H groups in total. The molecule has 1 spiro atoms. The molecule has 0 bridgehead atoms. The third-order valence-corrected chi connectivity index (χ3v) is 7.01. The summed E-state index contributed by atoms with van der Waals surface area (Å²) in [5, 5.41) is 0. The largest absolute Gasteiger partial charge is 0.378 e. The van der Waals surface area contributed by atoms with Gasteiger partial charge in [-0.25, -0.2) is 4.98 Å². The number of pyridine rings is 1. The van der Waals surface area contributed by atoms with Crippen LogP contribution in [0.3, 0.4) is 0 Å². The number of carbonyl (C=O) groups excluding carboxylic acids is 1. The summed E-state index contributed by atoms with van der Waals surface area (Å²) in [5.41, 5.74) is 1.93. The third kappa shape index (κ3) is 3.46. The Morgan fingerprint density at radius 2 is 1.84 bits per heavy atom. The molecule has 0 aromatic carbocycles. The number of aryl methyl sites for hydroxylation is 1. The molecule has 2 aliphatic heterocycles. The van der Waals surface area contributed by atoms with Crippen molar-refractivity contribution in [1.29, 1.82) is 0 Å². The van der Waals surface area contributed by atoms with Crippen molar-refractivity contribution in [2.75, 3.05) is 44.3 Å². The quantitative estimate of drug-likeness (QED) is 0.749. The Balaban J connectivity index is 1.37. The lowest BCUT2D eigenvalue weighted by atomic mass is 9.76. The van der Waals surface area contributed by atoms with Crippen molar-refractivity contribution in [2.45, 2.75) is 31.1 Å². The first-order valence-corrected chi connectivity index (χ1v) is 10.9. The summed E-state index contributed by atoms with van der Waals surface area (Å²) in [5.74, 6) is 0.577. The molecule has 9 nitrogen and oxygen atoms in total. The maximum Gasteiger partial charge on any atom is 0.255 e. The number of ether oxygens (including phenoxy) is 1. The number of likely N-dealkylation sites (tertiary alicyclic amines) is 1. The Hall–Kier alpha value is -2.94. The number of amides is 1. The number of morpholine rings is 1. The number of nitrogens with one attached hydrogen (secondary N) is 1. The fourth-order valence-corrected chi connectivity index (χ4v) is 5.09. The van der Waals surface area contributed by atoms with Crippen molar-refractivity contribution >= 4 is 11.9 Å². The Morgan fingerprint density at radius 3 is 2.55 bits per heavy atom. The third-order valence-electron chi connectivity index (χ3n) is 7.01. The van der Waals surface area contributed by atoms with E-state index < -0.39 is 0 Å². The van der Waals surface area contributed by atoms with E-state index in [1.165, 1.54) is 10.6 Å². The Labute approximate surface area is 179 Å². The van der Waals surface area contributed by atoms with Crippen LogP contribution in [0.4, 0.5) is 5.95 Å². The number of fused-ring (bicyclic) bond motifs is 2. The number of anilines is 1. The molecule has 5 rings (SSSR count). The van der Waals surface area contributed by atoms with Gasteiger partial charge < -0.3 is 19.1 Å². The first-order valence-electron chi connectivity index (χ1n) is 10.9. The van der Waals surface area contributed by atoms with Crippen LogP contribution < -0.4 is 16.0 Å². The highest BCUT2D eigenvalue weighted by Crippen LogP contribution is 2.44. The van der Waals surface area contributed by atoms with Gasteiger partial charge in [0.25, 0.3) is 11.5 Å². The first-order chi connectivity index (χ1) is 15.0. The second-order valence-electron chi connectivity index (χ2n) is 8.76. The standard InChI is InChI=1S/C22H27N5O4/c1-25-14-15(2-3-17(25)28)20(30)26-8-6-22(7-9-26)5-4-16-18(22)23-21(24-19(16)29)27-10-12-31-13-11-27/h2-3,14H,4-13H2,1H3,(H,23,24,29). The van der Waals surface area contributed by atoms with E-state index in [9.17, 15) is 14.4 Å². The molecule has 0 radical (unpaired) electrons. The molecule has 2 aromatic heterocycles. The Bertz CT molecular complexity index is 1120. The molecule has 0 unspecified atom stereocenters. The summed E-state index contributed by atoms with van der Waals surface area (Å²) in [6.07, 6.45) is 4.80. The molecule has 31 heavy (non-hydrogen) atoms. The number of hydrogen-bond acceptors (Lipinski definition) is 6. The highest BCUT2D eigenvalue weighted by molar-refractivity contribution is 5.94. The number of carbonyl (C=O) groups is 1. The van der Waals surface area contributed by atoms with Crippen LogP contribution in [0.2, 0.25) is 0 Å². The zero-order chi connectivity index (χ0) is 21.6. The molecule has 2 saturated heterocycles. The van der Waals surface area contributed by atoms with Gasteiger partial charge in [0.2, 0.25) is 11.5 Å². The summed E-state index contributed by atoms with van der Waals surface area (Å²) >= 11 is 0. The predicted molar refractivity (Wildman–Crippen MR) is 115 cm³/mol. The zero-order valence-corrected chi connectivity index (χ0v) is 17.7. The molecule has 0 saturated carbocycles. The molecule has 1 aliphatic carbocycles. The molecule has 2 fully saturated rings. The minimum atomic E-state index is -0.148. The van der Waals surface area contributed by atoms with E-state index in [0.29, 0.717) is 37.8 Å². The monoisotopic (exact) mass is 425 g/mol. The van der Waals surface area contributed by atoms with Gasteiger partial charge in [-0.1, -0.05) is 0 Å². The van der Waals surface area contributed by atoms with Crippen molar-refractivity contribution in [3.05, 3.63) is 55.9 Å². The fourth-order valence-electron chi connectivity index (χ4n) is 5.09. The molecule has 2 aromatic rings. The van der Waals surface area contributed by atoms with Gasteiger partial charge in [-0.05, 0) is 31.7 Å². The first kappa shape index (κ1) is 20.0. The van der Waals surface area contributed by atoms with Crippen molar-refractivity contribution in [3.8, 4) is 0 Å². The summed E-state index contributed by atoms with van der Waals surface area (Å²) in [6.45, 7) is 3.93. The fraction of sp³-hybridized carbons (Fsp3) is 0.545. The maximum atomic E-state index is 12.9. The van der Waals surface area contributed by atoms with E-state index in [1.54, 1.807) is 19.3 Å². The van der Waals surface area contributed by atoms with Crippen molar-refractivity contribution in [3.63, 3.8) is 0 Å². The van der Waals surface area contributed by atoms with Gasteiger partial charge in [0, 0.05) is 56.5 Å². The van der Waals surface area contributed by atoms with Crippen LogP contribution in [-0.4, -0.2) is 64.7 Å². The lowest BCUT2D eigenvalue weighted by molar-refractivity contribution is 0.0662.